The van der Waals surface area contributed by atoms with Gasteiger partial charge in [-0.25, -0.2) is 0 Å². The number of rotatable bonds is 3. The molecule has 0 bridgehead atoms. The average Bonchev–Trinajstić information content (AvgIpc) is 2.45. The van der Waals surface area contributed by atoms with Crippen molar-refractivity contribution in [2.24, 2.45) is 0 Å². The molecule has 0 saturated heterocycles. The molecule has 0 unspecified atom stereocenters. The zero-order chi connectivity index (χ0) is 17.2. The van der Waals surface area contributed by atoms with Gasteiger partial charge in [-0.05, 0) is 41.3 Å². The van der Waals surface area contributed by atoms with Gasteiger partial charge in [-0.15, -0.1) is 0 Å². The summed E-state index contributed by atoms with van der Waals surface area (Å²) < 4.78 is 5.33. The van der Waals surface area contributed by atoms with Gasteiger partial charge in [0.15, 0.2) is 0 Å². The summed E-state index contributed by atoms with van der Waals surface area (Å²) in [4.78, 5) is 12.5. The number of hydrogen-bond donors (Lipinski definition) is 1. The van der Waals surface area contributed by atoms with Crippen LogP contribution < -0.4 is 10.1 Å². The molecule has 5 heteroatoms. The molecule has 0 spiro atoms. The van der Waals surface area contributed by atoms with Crippen LogP contribution in [0.25, 0.3) is 0 Å². The highest BCUT2D eigenvalue weighted by molar-refractivity contribution is 6.35. The van der Waals surface area contributed by atoms with Crippen molar-refractivity contribution in [3.63, 3.8) is 0 Å². The number of carbonyl (C=O) groups is 1. The van der Waals surface area contributed by atoms with Gasteiger partial charge in [-0.1, -0.05) is 50.0 Å². The molecule has 0 aliphatic rings. The van der Waals surface area contributed by atoms with E-state index in [1.807, 2.05) is 18.2 Å². The van der Waals surface area contributed by atoms with Crippen molar-refractivity contribution in [1.82, 2.24) is 0 Å². The molecule has 3 nitrogen and oxygen atoms in total. The van der Waals surface area contributed by atoms with Gasteiger partial charge in [-0.2, -0.15) is 0 Å². The van der Waals surface area contributed by atoms with Crippen LogP contribution in [-0.4, -0.2) is 13.0 Å². The molecule has 0 heterocycles. The molecule has 0 atom stereocenters. The van der Waals surface area contributed by atoms with E-state index in [-0.39, 0.29) is 11.3 Å². The maximum atomic E-state index is 12.5. The third kappa shape index (κ3) is 4.40. The molecule has 2 aromatic rings. The van der Waals surface area contributed by atoms with Crippen molar-refractivity contribution in [3.8, 4) is 5.75 Å². The van der Waals surface area contributed by atoms with Crippen LogP contribution in [0.4, 0.5) is 5.69 Å². The first kappa shape index (κ1) is 17.6. The molecule has 1 N–H and O–H groups in total. The predicted octanol–water partition coefficient (Wildman–Crippen LogP) is 5.55. The molecule has 2 aromatic carbocycles. The van der Waals surface area contributed by atoms with Crippen LogP contribution in [0.1, 0.15) is 36.7 Å². The largest absolute Gasteiger partial charge is 0.495 e. The summed E-state index contributed by atoms with van der Waals surface area (Å²) in [6.45, 7) is 6.32. The first-order valence-electron chi connectivity index (χ1n) is 7.16. The van der Waals surface area contributed by atoms with E-state index in [2.05, 4.69) is 26.1 Å². The number of amides is 1. The standard InChI is InChI=1S/C18H19Cl2NO2/c1-18(2,3)12-5-6-16(23-4)15(9-12)21-17(22)11-7-13(19)10-14(20)8-11/h5-10H,1-4H3,(H,21,22). The maximum Gasteiger partial charge on any atom is 0.255 e. The Labute approximate surface area is 146 Å². The normalized spacial score (nSPS) is 11.2. The minimum Gasteiger partial charge on any atom is -0.495 e. The van der Waals surface area contributed by atoms with E-state index in [1.54, 1.807) is 25.3 Å². The van der Waals surface area contributed by atoms with Crippen LogP contribution in [0.3, 0.4) is 0 Å². The Balaban J connectivity index is 2.36. The van der Waals surface area contributed by atoms with Gasteiger partial charge in [0.1, 0.15) is 5.75 Å². The molecule has 0 fully saturated rings. The molecule has 122 valence electrons. The van der Waals surface area contributed by atoms with Gasteiger partial charge < -0.3 is 10.1 Å². The van der Waals surface area contributed by atoms with E-state index >= 15 is 0 Å². The van der Waals surface area contributed by atoms with E-state index in [9.17, 15) is 4.79 Å². The summed E-state index contributed by atoms with van der Waals surface area (Å²) in [6.07, 6.45) is 0. The smallest absolute Gasteiger partial charge is 0.255 e. The summed E-state index contributed by atoms with van der Waals surface area (Å²) in [5.74, 6) is 0.304. The SMILES string of the molecule is COc1ccc(C(C)(C)C)cc1NC(=O)c1cc(Cl)cc(Cl)c1. The zero-order valence-corrected chi connectivity index (χ0v) is 15.0. The minimum absolute atomic E-state index is 0.0366. The summed E-state index contributed by atoms with van der Waals surface area (Å²) in [5, 5.41) is 3.69. The molecular formula is C18H19Cl2NO2. The third-order valence-electron chi connectivity index (χ3n) is 3.44. The van der Waals surface area contributed by atoms with Crippen LogP contribution in [0.15, 0.2) is 36.4 Å². The first-order chi connectivity index (χ1) is 10.7. The lowest BCUT2D eigenvalue weighted by Crippen LogP contribution is -2.15. The molecule has 2 rings (SSSR count). The third-order valence-corrected chi connectivity index (χ3v) is 3.87. The lowest BCUT2D eigenvalue weighted by Gasteiger charge is -2.21. The maximum absolute atomic E-state index is 12.5. The average molecular weight is 352 g/mol. The Morgan fingerprint density at radius 3 is 2.17 bits per heavy atom. The Bertz CT molecular complexity index is 716. The number of carbonyl (C=O) groups excluding carboxylic acids is 1. The van der Waals surface area contributed by atoms with Gasteiger partial charge in [0.2, 0.25) is 0 Å². The minimum atomic E-state index is -0.293. The van der Waals surface area contributed by atoms with Crippen molar-refractivity contribution in [2.45, 2.75) is 26.2 Å². The highest BCUT2D eigenvalue weighted by Gasteiger charge is 2.17. The summed E-state index contributed by atoms with van der Waals surface area (Å²) >= 11 is 11.9. The highest BCUT2D eigenvalue weighted by Crippen LogP contribution is 2.32. The van der Waals surface area contributed by atoms with Crippen molar-refractivity contribution in [2.75, 3.05) is 12.4 Å². The fourth-order valence-corrected chi connectivity index (χ4v) is 2.68. The number of methoxy groups -OCH3 is 1. The van der Waals surface area contributed by atoms with Gasteiger partial charge in [-0.3, -0.25) is 4.79 Å². The molecule has 23 heavy (non-hydrogen) atoms. The number of halogens is 2. The number of nitrogens with one attached hydrogen (secondary N) is 1. The van der Waals surface area contributed by atoms with Crippen LogP contribution in [0.5, 0.6) is 5.75 Å². The van der Waals surface area contributed by atoms with Crippen LogP contribution in [0.2, 0.25) is 10.0 Å². The molecule has 1 amide bonds. The number of hydrogen-bond acceptors (Lipinski definition) is 2. The Morgan fingerprint density at radius 2 is 1.65 bits per heavy atom. The molecule has 0 saturated carbocycles. The van der Waals surface area contributed by atoms with Gasteiger partial charge >= 0.3 is 0 Å². The molecule has 0 aliphatic heterocycles. The van der Waals surface area contributed by atoms with Gasteiger partial charge in [0.25, 0.3) is 5.91 Å². The summed E-state index contributed by atoms with van der Waals surface area (Å²) in [5.41, 5.74) is 2.06. The second kappa shape index (κ2) is 6.81. The fourth-order valence-electron chi connectivity index (χ4n) is 2.15. The van der Waals surface area contributed by atoms with Crippen molar-refractivity contribution in [1.29, 1.82) is 0 Å². The number of anilines is 1. The van der Waals surface area contributed by atoms with E-state index in [0.29, 0.717) is 27.0 Å². The van der Waals surface area contributed by atoms with E-state index in [4.69, 9.17) is 27.9 Å². The van der Waals surface area contributed by atoms with Crippen molar-refractivity contribution in [3.05, 3.63) is 57.6 Å². The Kier molecular flexibility index (Phi) is 5.23. The van der Waals surface area contributed by atoms with Crippen LogP contribution in [-0.2, 0) is 5.41 Å². The number of ether oxygens (including phenoxy) is 1. The van der Waals surface area contributed by atoms with Crippen molar-refractivity contribution >= 4 is 34.8 Å². The highest BCUT2D eigenvalue weighted by atomic mass is 35.5. The summed E-state index contributed by atoms with van der Waals surface area (Å²) in [7, 11) is 1.57. The monoisotopic (exact) mass is 351 g/mol. The van der Waals surface area contributed by atoms with E-state index in [0.717, 1.165) is 5.56 Å². The van der Waals surface area contributed by atoms with Gasteiger partial charge in [0.05, 0.1) is 12.8 Å². The predicted molar refractivity (Wildman–Crippen MR) is 96.1 cm³/mol. The quantitative estimate of drug-likeness (QED) is 0.786. The Hall–Kier alpha value is -1.71. The van der Waals surface area contributed by atoms with Gasteiger partial charge in [0, 0.05) is 15.6 Å². The Morgan fingerprint density at radius 1 is 1.04 bits per heavy atom. The second-order valence-electron chi connectivity index (χ2n) is 6.28. The summed E-state index contributed by atoms with van der Waals surface area (Å²) in [6, 6.07) is 10.5. The molecule has 0 aliphatic carbocycles. The van der Waals surface area contributed by atoms with E-state index in [1.165, 1.54) is 0 Å². The van der Waals surface area contributed by atoms with E-state index < -0.39 is 0 Å². The van der Waals surface area contributed by atoms with Crippen LogP contribution in [0, 0.1) is 0 Å². The fraction of sp³-hybridized carbons (Fsp3) is 0.278. The van der Waals surface area contributed by atoms with Crippen molar-refractivity contribution < 1.29 is 9.53 Å². The molecule has 0 radical (unpaired) electrons. The first-order valence-corrected chi connectivity index (χ1v) is 7.92. The lowest BCUT2D eigenvalue weighted by atomic mass is 9.87. The molecule has 0 aromatic heterocycles. The molecular weight excluding hydrogens is 333 g/mol. The topological polar surface area (TPSA) is 38.3 Å². The second-order valence-corrected chi connectivity index (χ2v) is 7.15. The van der Waals surface area contributed by atoms with Crippen LogP contribution >= 0.6 is 23.2 Å². The number of benzene rings is 2. The zero-order valence-electron chi connectivity index (χ0n) is 13.5. The lowest BCUT2D eigenvalue weighted by molar-refractivity contribution is 0.102.